The molecule has 6 nitrogen and oxygen atoms in total. The van der Waals surface area contributed by atoms with Crippen LogP contribution in [0.3, 0.4) is 0 Å². The van der Waals surface area contributed by atoms with Crippen LogP contribution in [0.2, 0.25) is 0 Å². The monoisotopic (exact) mass is 298 g/mol. The van der Waals surface area contributed by atoms with Crippen molar-refractivity contribution in [2.24, 2.45) is 0 Å². The van der Waals surface area contributed by atoms with Gasteiger partial charge in [0.15, 0.2) is 0 Å². The van der Waals surface area contributed by atoms with Gasteiger partial charge in [0.2, 0.25) is 0 Å². The number of hydrogen-bond acceptors (Lipinski definition) is 5. The molecule has 2 aromatic rings. The van der Waals surface area contributed by atoms with Crippen LogP contribution in [0.25, 0.3) is 0 Å². The molecule has 0 saturated carbocycles. The lowest BCUT2D eigenvalue weighted by Gasteiger charge is -2.30. The van der Waals surface area contributed by atoms with Crippen LogP contribution in [0.5, 0.6) is 0 Å². The number of carbonyl (C=O) groups is 1. The smallest absolute Gasteiger partial charge is 0.271 e. The van der Waals surface area contributed by atoms with Crippen molar-refractivity contribution in [3.8, 4) is 0 Å². The summed E-state index contributed by atoms with van der Waals surface area (Å²) in [6, 6.07) is 8.10. The van der Waals surface area contributed by atoms with E-state index in [0.29, 0.717) is 12.2 Å². The third kappa shape index (κ3) is 3.40. The van der Waals surface area contributed by atoms with Gasteiger partial charge in [-0.25, -0.2) is 4.98 Å². The molecular weight excluding hydrogens is 280 g/mol. The van der Waals surface area contributed by atoms with Gasteiger partial charge in [-0.3, -0.25) is 9.78 Å². The molecule has 1 N–H and O–H groups in total. The first-order valence-corrected chi connectivity index (χ1v) is 7.29. The van der Waals surface area contributed by atoms with Crippen molar-refractivity contribution < 1.29 is 9.53 Å². The minimum Gasteiger partial charge on any atom is -0.378 e. The molecule has 1 aliphatic rings. The Morgan fingerprint density at radius 3 is 2.82 bits per heavy atom. The summed E-state index contributed by atoms with van der Waals surface area (Å²) in [5.74, 6) is -0.218. The van der Waals surface area contributed by atoms with E-state index in [-0.39, 0.29) is 5.91 Å². The van der Waals surface area contributed by atoms with Crippen LogP contribution in [-0.2, 0) is 11.3 Å². The molecule has 1 amide bonds. The third-order valence-electron chi connectivity index (χ3n) is 3.58. The first kappa shape index (κ1) is 14.5. The molecule has 6 heteroatoms. The van der Waals surface area contributed by atoms with Crippen LogP contribution in [0.15, 0.2) is 42.9 Å². The highest BCUT2D eigenvalue weighted by atomic mass is 16.5. The van der Waals surface area contributed by atoms with Crippen LogP contribution < -0.4 is 10.2 Å². The Bertz CT molecular complexity index is 627. The molecule has 1 fully saturated rings. The number of rotatable bonds is 4. The fraction of sp³-hybridized carbons (Fsp3) is 0.312. The molecule has 0 bridgehead atoms. The summed E-state index contributed by atoms with van der Waals surface area (Å²) in [4.78, 5) is 22.3. The van der Waals surface area contributed by atoms with Gasteiger partial charge in [-0.05, 0) is 11.6 Å². The second-order valence-corrected chi connectivity index (χ2v) is 5.00. The number of amides is 1. The van der Waals surface area contributed by atoms with Gasteiger partial charge in [-0.1, -0.05) is 18.2 Å². The lowest BCUT2D eigenvalue weighted by Crippen LogP contribution is -2.37. The number of benzene rings is 1. The average molecular weight is 298 g/mol. The molecule has 1 aromatic heterocycles. The Kier molecular flexibility index (Phi) is 4.60. The Hall–Kier alpha value is -2.47. The quantitative estimate of drug-likeness (QED) is 0.920. The summed E-state index contributed by atoms with van der Waals surface area (Å²) < 4.78 is 5.39. The van der Waals surface area contributed by atoms with Gasteiger partial charge in [-0.15, -0.1) is 0 Å². The second-order valence-electron chi connectivity index (χ2n) is 5.00. The maximum absolute atomic E-state index is 12.1. The zero-order chi connectivity index (χ0) is 15.2. The molecule has 22 heavy (non-hydrogen) atoms. The maximum Gasteiger partial charge on any atom is 0.271 e. The summed E-state index contributed by atoms with van der Waals surface area (Å²) in [6.07, 6.45) is 4.52. The Morgan fingerprint density at radius 2 is 2.05 bits per heavy atom. The minimum atomic E-state index is -0.218. The number of carbonyl (C=O) groups excluding carboxylic acids is 1. The normalized spacial score (nSPS) is 14.6. The van der Waals surface area contributed by atoms with Crippen molar-refractivity contribution in [3.05, 3.63) is 54.1 Å². The molecule has 0 radical (unpaired) electrons. The number of anilines is 1. The zero-order valence-electron chi connectivity index (χ0n) is 12.2. The van der Waals surface area contributed by atoms with Crippen molar-refractivity contribution >= 4 is 11.6 Å². The van der Waals surface area contributed by atoms with Crippen molar-refractivity contribution in [3.63, 3.8) is 0 Å². The Balaban J connectivity index is 1.69. The van der Waals surface area contributed by atoms with Crippen molar-refractivity contribution in [1.29, 1.82) is 0 Å². The molecule has 1 aromatic carbocycles. The molecule has 114 valence electrons. The molecule has 0 spiro atoms. The van der Waals surface area contributed by atoms with E-state index in [1.807, 2.05) is 18.2 Å². The van der Waals surface area contributed by atoms with E-state index in [9.17, 15) is 4.79 Å². The molecule has 3 rings (SSSR count). The molecular formula is C16H18N4O2. The molecule has 0 unspecified atom stereocenters. The van der Waals surface area contributed by atoms with Gasteiger partial charge in [0, 0.05) is 37.7 Å². The van der Waals surface area contributed by atoms with E-state index in [1.54, 1.807) is 6.20 Å². The highest BCUT2D eigenvalue weighted by Crippen LogP contribution is 2.21. The summed E-state index contributed by atoms with van der Waals surface area (Å²) >= 11 is 0. The number of nitrogens with one attached hydrogen (secondary N) is 1. The van der Waals surface area contributed by atoms with E-state index in [0.717, 1.165) is 37.6 Å². The number of para-hydroxylation sites is 1. The fourth-order valence-electron chi connectivity index (χ4n) is 2.46. The second kappa shape index (κ2) is 7.00. The molecule has 0 atom stereocenters. The number of hydrogen-bond donors (Lipinski definition) is 1. The number of nitrogens with zero attached hydrogens (tertiary/aromatic N) is 3. The van der Waals surface area contributed by atoms with E-state index in [4.69, 9.17) is 4.74 Å². The number of ether oxygens (including phenoxy) is 1. The van der Waals surface area contributed by atoms with Crippen LogP contribution >= 0.6 is 0 Å². The summed E-state index contributed by atoms with van der Waals surface area (Å²) in [7, 11) is 0. The predicted octanol–water partition coefficient (Wildman–Crippen LogP) is 1.24. The number of aromatic nitrogens is 2. The van der Waals surface area contributed by atoms with Gasteiger partial charge >= 0.3 is 0 Å². The van der Waals surface area contributed by atoms with E-state index >= 15 is 0 Å². The first-order chi connectivity index (χ1) is 10.8. The summed E-state index contributed by atoms with van der Waals surface area (Å²) in [5, 5.41) is 2.90. The van der Waals surface area contributed by atoms with Crippen LogP contribution in [0, 0.1) is 0 Å². The van der Waals surface area contributed by atoms with E-state index in [1.165, 1.54) is 12.4 Å². The lowest BCUT2D eigenvalue weighted by molar-refractivity contribution is 0.0945. The van der Waals surface area contributed by atoms with Crippen LogP contribution in [0.4, 0.5) is 5.69 Å². The minimum absolute atomic E-state index is 0.218. The zero-order valence-corrected chi connectivity index (χ0v) is 12.2. The third-order valence-corrected chi connectivity index (χ3v) is 3.58. The van der Waals surface area contributed by atoms with Crippen molar-refractivity contribution in [2.45, 2.75) is 6.54 Å². The van der Waals surface area contributed by atoms with Crippen molar-refractivity contribution in [2.75, 3.05) is 31.2 Å². The van der Waals surface area contributed by atoms with Crippen LogP contribution in [-0.4, -0.2) is 42.2 Å². The van der Waals surface area contributed by atoms with Gasteiger partial charge in [-0.2, -0.15) is 0 Å². The van der Waals surface area contributed by atoms with Gasteiger partial charge in [0.05, 0.1) is 19.4 Å². The highest BCUT2D eigenvalue weighted by Gasteiger charge is 2.15. The maximum atomic E-state index is 12.1. The molecule has 2 heterocycles. The standard InChI is InChI=1S/C16H18N4O2/c21-16(14-12-17-5-6-18-14)19-11-13-3-1-2-4-15(13)20-7-9-22-10-8-20/h1-6,12H,7-11H2,(H,19,21). The first-order valence-electron chi connectivity index (χ1n) is 7.29. The fourth-order valence-corrected chi connectivity index (χ4v) is 2.46. The topological polar surface area (TPSA) is 67.4 Å². The SMILES string of the molecule is O=C(NCc1ccccc1N1CCOCC1)c1cnccn1. The Morgan fingerprint density at radius 1 is 1.23 bits per heavy atom. The predicted molar refractivity (Wildman–Crippen MR) is 82.7 cm³/mol. The van der Waals surface area contributed by atoms with E-state index < -0.39 is 0 Å². The summed E-state index contributed by atoms with van der Waals surface area (Å²) in [6.45, 7) is 3.67. The highest BCUT2D eigenvalue weighted by molar-refractivity contribution is 5.91. The van der Waals surface area contributed by atoms with Crippen LogP contribution in [0.1, 0.15) is 16.1 Å². The van der Waals surface area contributed by atoms with Gasteiger partial charge in [0.1, 0.15) is 5.69 Å². The van der Waals surface area contributed by atoms with Gasteiger partial charge in [0.25, 0.3) is 5.91 Å². The molecule has 1 saturated heterocycles. The lowest BCUT2D eigenvalue weighted by atomic mass is 10.1. The largest absolute Gasteiger partial charge is 0.378 e. The molecule has 0 aliphatic carbocycles. The Labute approximate surface area is 129 Å². The average Bonchev–Trinajstić information content (AvgIpc) is 2.61. The molecule has 1 aliphatic heterocycles. The number of morpholine rings is 1. The van der Waals surface area contributed by atoms with Crippen molar-refractivity contribution in [1.82, 2.24) is 15.3 Å². The summed E-state index contributed by atoms with van der Waals surface area (Å²) in [5.41, 5.74) is 2.55. The van der Waals surface area contributed by atoms with Gasteiger partial charge < -0.3 is 15.0 Å². The van der Waals surface area contributed by atoms with E-state index in [2.05, 4.69) is 26.3 Å².